The second-order valence-electron chi connectivity index (χ2n) is 6.69. The van der Waals surface area contributed by atoms with E-state index >= 15 is 0 Å². The predicted octanol–water partition coefficient (Wildman–Crippen LogP) is 2.99. The zero-order valence-corrected chi connectivity index (χ0v) is 17.4. The fraction of sp³-hybridized carbons (Fsp3) is 0.381. The molecule has 152 valence electrons. The van der Waals surface area contributed by atoms with Crippen molar-refractivity contribution in [1.82, 2.24) is 5.32 Å². The Morgan fingerprint density at radius 2 is 1.75 bits per heavy atom. The summed E-state index contributed by atoms with van der Waals surface area (Å²) in [6.07, 6.45) is 2.71. The summed E-state index contributed by atoms with van der Waals surface area (Å²) in [6.45, 7) is 4.06. The lowest BCUT2D eigenvalue weighted by Crippen LogP contribution is -2.43. The van der Waals surface area contributed by atoms with E-state index in [9.17, 15) is 13.2 Å². The van der Waals surface area contributed by atoms with Crippen LogP contribution in [0.3, 0.4) is 0 Å². The molecule has 0 saturated carbocycles. The Labute approximate surface area is 167 Å². The van der Waals surface area contributed by atoms with Crippen molar-refractivity contribution < 1.29 is 17.9 Å². The number of hydrogen-bond acceptors (Lipinski definition) is 4. The highest BCUT2D eigenvalue weighted by atomic mass is 32.2. The summed E-state index contributed by atoms with van der Waals surface area (Å²) in [4.78, 5) is 12.4. The van der Waals surface area contributed by atoms with E-state index < -0.39 is 10.0 Å². The van der Waals surface area contributed by atoms with E-state index in [2.05, 4.69) is 5.32 Å². The van der Waals surface area contributed by atoms with E-state index in [0.29, 0.717) is 18.0 Å². The SMILES string of the molecule is CCOc1ccc(N(CC(=O)N[C@H](C)CCc2ccccc2)S(C)(=O)=O)cc1. The molecule has 1 N–H and O–H groups in total. The summed E-state index contributed by atoms with van der Waals surface area (Å²) in [7, 11) is -3.60. The molecule has 0 heterocycles. The first-order valence-electron chi connectivity index (χ1n) is 9.33. The molecule has 0 saturated heterocycles. The molecule has 2 aromatic carbocycles. The number of rotatable bonds is 10. The highest BCUT2D eigenvalue weighted by Crippen LogP contribution is 2.21. The van der Waals surface area contributed by atoms with E-state index in [4.69, 9.17) is 4.74 Å². The van der Waals surface area contributed by atoms with Gasteiger partial charge in [-0.15, -0.1) is 0 Å². The van der Waals surface area contributed by atoms with Gasteiger partial charge in [-0.05, 0) is 56.5 Å². The van der Waals surface area contributed by atoms with Gasteiger partial charge < -0.3 is 10.1 Å². The minimum atomic E-state index is -3.60. The lowest BCUT2D eigenvalue weighted by atomic mass is 10.1. The maximum Gasteiger partial charge on any atom is 0.240 e. The van der Waals surface area contributed by atoms with Crippen LogP contribution in [0, 0.1) is 0 Å². The lowest BCUT2D eigenvalue weighted by Gasteiger charge is -2.23. The molecule has 0 bridgehead atoms. The highest BCUT2D eigenvalue weighted by Gasteiger charge is 2.21. The largest absolute Gasteiger partial charge is 0.494 e. The van der Waals surface area contributed by atoms with Crippen molar-refractivity contribution in [2.24, 2.45) is 0 Å². The van der Waals surface area contributed by atoms with Gasteiger partial charge in [0.25, 0.3) is 0 Å². The van der Waals surface area contributed by atoms with Crippen LogP contribution < -0.4 is 14.4 Å². The number of nitrogens with zero attached hydrogens (tertiary/aromatic N) is 1. The third-order valence-electron chi connectivity index (χ3n) is 4.24. The molecule has 0 aliphatic rings. The molecule has 0 aliphatic heterocycles. The van der Waals surface area contributed by atoms with Crippen LogP contribution in [0.4, 0.5) is 5.69 Å². The third kappa shape index (κ3) is 6.88. The van der Waals surface area contributed by atoms with Crippen molar-refractivity contribution in [3.63, 3.8) is 0 Å². The lowest BCUT2D eigenvalue weighted by molar-refractivity contribution is -0.120. The fourth-order valence-corrected chi connectivity index (χ4v) is 3.68. The first kappa shape index (κ1) is 21.8. The third-order valence-corrected chi connectivity index (χ3v) is 5.38. The molecule has 0 unspecified atom stereocenters. The van der Waals surface area contributed by atoms with Crippen LogP contribution >= 0.6 is 0 Å². The summed E-state index contributed by atoms with van der Waals surface area (Å²) >= 11 is 0. The fourth-order valence-electron chi connectivity index (χ4n) is 2.83. The van der Waals surface area contributed by atoms with Crippen molar-refractivity contribution in [2.45, 2.75) is 32.7 Å². The number of carbonyl (C=O) groups is 1. The average Bonchev–Trinajstić information content (AvgIpc) is 2.65. The maximum atomic E-state index is 12.4. The van der Waals surface area contributed by atoms with Gasteiger partial charge in [0.15, 0.2) is 0 Å². The molecule has 0 aliphatic carbocycles. The van der Waals surface area contributed by atoms with Crippen LogP contribution in [-0.4, -0.2) is 39.8 Å². The topological polar surface area (TPSA) is 75.7 Å². The summed E-state index contributed by atoms with van der Waals surface area (Å²) in [5.74, 6) is 0.318. The number of amides is 1. The van der Waals surface area contributed by atoms with Crippen molar-refractivity contribution in [3.8, 4) is 5.75 Å². The minimum Gasteiger partial charge on any atom is -0.494 e. The van der Waals surface area contributed by atoms with Crippen LogP contribution in [0.1, 0.15) is 25.8 Å². The number of anilines is 1. The highest BCUT2D eigenvalue weighted by molar-refractivity contribution is 7.92. The van der Waals surface area contributed by atoms with Gasteiger partial charge in [0.1, 0.15) is 12.3 Å². The van der Waals surface area contributed by atoms with Crippen LogP contribution in [-0.2, 0) is 21.2 Å². The number of hydrogen-bond donors (Lipinski definition) is 1. The average molecular weight is 405 g/mol. The van der Waals surface area contributed by atoms with Gasteiger partial charge in [0.2, 0.25) is 15.9 Å². The Morgan fingerprint density at radius 1 is 1.11 bits per heavy atom. The molecule has 1 amide bonds. The van der Waals surface area contributed by atoms with Gasteiger partial charge in [-0.3, -0.25) is 9.10 Å². The van der Waals surface area contributed by atoms with E-state index in [1.54, 1.807) is 24.3 Å². The first-order chi connectivity index (χ1) is 13.3. The van der Waals surface area contributed by atoms with E-state index in [1.165, 1.54) is 5.56 Å². The molecular formula is C21H28N2O4S. The molecule has 28 heavy (non-hydrogen) atoms. The Balaban J connectivity index is 1.96. The Hall–Kier alpha value is -2.54. The van der Waals surface area contributed by atoms with Gasteiger partial charge in [-0.2, -0.15) is 0 Å². The van der Waals surface area contributed by atoms with Gasteiger partial charge in [0.05, 0.1) is 18.6 Å². The van der Waals surface area contributed by atoms with Crippen LogP contribution in [0.2, 0.25) is 0 Å². The molecular weight excluding hydrogens is 376 g/mol. The van der Waals surface area contributed by atoms with Gasteiger partial charge >= 0.3 is 0 Å². The zero-order valence-electron chi connectivity index (χ0n) is 16.6. The number of aryl methyl sites for hydroxylation is 1. The van der Waals surface area contributed by atoms with E-state index in [-0.39, 0.29) is 18.5 Å². The Kier molecular flexibility index (Phi) is 7.87. The number of carbonyl (C=O) groups excluding carboxylic acids is 1. The molecule has 1 atom stereocenters. The summed E-state index contributed by atoms with van der Waals surface area (Å²) < 4.78 is 30.9. The molecule has 0 spiro atoms. The zero-order chi connectivity index (χ0) is 20.6. The number of nitrogens with one attached hydrogen (secondary N) is 1. The number of ether oxygens (including phenoxy) is 1. The summed E-state index contributed by atoms with van der Waals surface area (Å²) in [6, 6.07) is 16.6. The van der Waals surface area contributed by atoms with E-state index in [0.717, 1.165) is 23.4 Å². The quantitative estimate of drug-likeness (QED) is 0.661. The molecule has 0 aromatic heterocycles. The molecule has 2 aromatic rings. The first-order valence-corrected chi connectivity index (χ1v) is 11.2. The molecule has 7 heteroatoms. The second-order valence-corrected chi connectivity index (χ2v) is 8.60. The smallest absolute Gasteiger partial charge is 0.240 e. The van der Waals surface area contributed by atoms with Gasteiger partial charge in [-0.25, -0.2) is 8.42 Å². The number of benzene rings is 2. The standard InChI is InChI=1S/C21H28N2O4S/c1-4-27-20-14-12-19(13-15-20)23(28(3,25)26)16-21(24)22-17(2)10-11-18-8-6-5-7-9-18/h5-9,12-15,17H,4,10-11,16H2,1-3H3,(H,22,24)/t17-/m1/s1. The summed E-state index contributed by atoms with van der Waals surface area (Å²) in [5, 5.41) is 2.88. The predicted molar refractivity (Wildman–Crippen MR) is 112 cm³/mol. The molecule has 2 rings (SSSR count). The molecule has 6 nitrogen and oxygen atoms in total. The van der Waals surface area contributed by atoms with Gasteiger partial charge in [-0.1, -0.05) is 30.3 Å². The monoisotopic (exact) mass is 404 g/mol. The maximum absolute atomic E-state index is 12.4. The molecule has 0 fully saturated rings. The Bertz CT molecular complexity index is 852. The van der Waals surface area contributed by atoms with Crippen molar-refractivity contribution in [3.05, 3.63) is 60.2 Å². The minimum absolute atomic E-state index is 0.0607. The van der Waals surface area contributed by atoms with Crippen LogP contribution in [0.25, 0.3) is 0 Å². The number of sulfonamides is 1. The van der Waals surface area contributed by atoms with Crippen molar-refractivity contribution in [2.75, 3.05) is 23.7 Å². The van der Waals surface area contributed by atoms with E-state index in [1.807, 2.05) is 44.2 Å². The normalized spacial score (nSPS) is 12.2. The Morgan fingerprint density at radius 3 is 2.32 bits per heavy atom. The summed E-state index contributed by atoms with van der Waals surface area (Å²) in [5.41, 5.74) is 1.63. The van der Waals surface area contributed by atoms with Crippen LogP contribution in [0.5, 0.6) is 5.75 Å². The second kappa shape index (κ2) is 10.1. The van der Waals surface area contributed by atoms with Crippen molar-refractivity contribution in [1.29, 1.82) is 0 Å². The van der Waals surface area contributed by atoms with Crippen molar-refractivity contribution >= 4 is 21.6 Å². The molecule has 0 radical (unpaired) electrons. The van der Waals surface area contributed by atoms with Gasteiger partial charge in [0, 0.05) is 6.04 Å². The van der Waals surface area contributed by atoms with Crippen LogP contribution in [0.15, 0.2) is 54.6 Å².